The molecule has 1 aromatic carbocycles. The lowest BCUT2D eigenvalue weighted by atomic mass is 9.65. The average Bonchev–Trinajstić information content (AvgIpc) is 2.56. The van der Waals surface area contributed by atoms with Crippen molar-refractivity contribution in [2.75, 3.05) is 0 Å². The molecule has 0 aliphatic heterocycles. The van der Waals surface area contributed by atoms with E-state index in [1.54, 1.807) is 0 Å². The molecule has 0 radical (unpaired) electrons. The first kappa shape index (κ1) is 19.5. The highest BCUT2D eigenvalue weighted by Crippen LogP contribution is 2.42. The number of ether oxygens (including phenoxy) is 1. The molecule has 0 spiro atoms. The van der Waals surface area contributed by atoms with Crippen molar-refractivity contribution in [3.63, 3.8) is 0 Å². The number of para-hydroxylation sites is 1. The number of nitrogens with two attached hydrogens (primary N) is 1. The van der Waals surface area contributed by atoms with Crippen LogP contribution in [0, 0.1) is 17.8 Å². The Kier molecular flexibility index (Phi) is 6.46. The zero-order valence-corrected chi connectivity index (χ0v) is 16.2. The quantitative estimate of drug-likeness (QED) is 0.818. The van der Waals surface area contributed by atoms with Crippen molar-refractivity contribution < 1.29 is 9.53 Å². The molecule has 4 nitrogen and oxygen atoms in total. The number of amides is 1. The Labute approximate surface area is 162 Å². The Hall–Kier alpha value is -1.26. The van der Waals surface area contributed by atoms with Crippen LogP contribution in [0.5, 0.6) is 5.75 Å². The molecule has 0 saturated heterocycles. The van der Waals surface area contributed by atoms with Gasteiger partial charge >= 0.3 is 0 Å². The van der Waals surface area contributed by atoms with E-state index in [9.17, 15) is 4.79 Å². The number of carbonyl (C=O) groups is 1. The molecule has 144 valence electrons. The molecule has 2 bridgehead atoms. The van der Waals surface area contributed by atoms with Gasteiger partial charge in [-0.15, -0.1) is 12.4 Å². The average molecular weight is 379 g/mol. The number of halogens is 1. The third kappa shape index (κ3) is 4.17. The molecule has 2 unspecified atom stereocenters. The Bertz CT molecular complexity index is 606. The van der Waals surface area contributed by atoms with Crippen LogP contribution in [-0.2, 0) is 11.3 Å². The lowest BCUT2D eigenvalue weighted by Gasteiger charge is -2.43. The minimum Gasteiger partial charge on any atom is -0.490 e. The maximum Gasteiger partial charge on any atom is 0.223 e. The highest BCUT2D eigenvalue weighted by Gasteiger charge is 2.40. The van der Waals surface area contributed by atoms with Gasteiger partial charge < -0.3 is 15.8 Å². The van der Waals surface area contributed by atoms with Crippen molar-refractivity contribution >= 4 is 18.3 Å². The van der Waals surface area contributed by atoms with Gasteiger partial charge in [0, 0.05) is 24.1 Å². The molecule has 3 saturated carbocycles. The molecule has 26 heavy (non-hydrogen) atoms. The molecule has 1 aromatic rings. The third-order valence-corrected chi connectivity index (χ3v) is 6.56. The molecular formula is C21H31ClN2O2. The van der Waals surface area contributed by atoms with Crippen molar-refractivity contribution in [1.82, 2.24) is 5.32 Å². The Morgan fingerprint density at radius 2 is 1.73 bits per heavy atom. The monoisotopic (exact) mass is 378 g/mol. The largest absolute Gasteiger partial charge is 0.490 e. The summed E-state index contributed by atoms with van der Waals surface area (Å²) in [5.41, 5.74) is 7.43. The van der Waals surface area contributed by atoms with Crippen LogP contribution in [0.4, 0.5) is 0 Å². The molecule has 0 aromatic heterocycles. The second kappa shape index (κ2) is 8.62. The summed E-state index contributed by atoms with van der Waals surface area (Å²) in [5.74, 6) is 2.34. The molecular weight excluding hydrogens is 348 g/mol. The van der Waals surface area contributed by atoms with Crippen LogP contribution < -0.4 is 15.8 Å². The van der Waals surface area contributed by atoms with Gasteiger partial charge in [0.1, 0.15) is 5.75 Å². The van der Waals surface area contributed by atoms with Gasteiger partial charge in [-0.05, 0) is 62.8 Å². The van der Waals surface area contributed by atoms with E-state index >= 15 is 0 Å². The van der Waals surface area contributed by atoms with Crippen molar-refractivity contribution in [1.29, 1.82) is 0 Å². The van der Waals surface area contributed by atoms with Gasteiger partial charge in [-0.25, -0.2) is 0 Å². The van der Waals surface area contributed by atoms with Crippen LogP contribution in [0.25, 0.3) is 0 Å². The van der Waals surface area contributed by atoms with E-state index in [-0.39, 0.29) is 24.2 Å². The van der Waals surface area contributed by atoms with E-state index in [4.69, 9.17) is 10.5 Å². The minimum atomic E-state index is 0. The van der Waals surface area contributed by atoms with Gasteiger partial charge in [-0.1, -0.05) is 24.6 Å². The molecule has 3 aliphatic rings. The standard InChI is InChI=1S/C21H30N2O2.ClH/c22-20-14-6-3-7-15(20)12-17(11-14)21(24)23-13-16-5-1-2-10-19(16)25-18-8-4-9-18;/h1-2,5,10,14-15,17-18,20H,3-4,6-9,11-13,22H2,(H,23,24);1H. The molecule has 0 heterocycles. The first-order chi connectivity index (χ1) is 12.2. The molecule has 3 N–H and O–H groups in total. The summed E-state index contributed by atoms with van der Waals surface area (Å²) in [5, 5.41) is 3.16. The van der Waals surface area contributed by atoms with Gasteiger partial charge in [-0.3, -0.25) is 4.79 Å². The summed E-state index contributed by atoms with van der Waals surface area (Å²) in [6.45, 7) is 0.555. The predicted octanol–water partition coefficient (Wildman–Crippen LogP) is 3.81. The first-order valence-corrected chi connectivity index (χ1v) is 9.98. The number of fused-ring (bicyclic) bond motifs is 2. The Morgan fingerprint density at radius 1 is 1.08 bits per heavy atom. The maximum atomic E-state index is 12.7. The van der Waals surface area contributed by atoms with Crippen LogP contribution in [-0.4, -0.2) is 18.1 Å². The van der Waals surface area contributed by atoms with Crippen molar-refractivity contribution in [2.24, 2.45) is 23.5 Å². The number of rotatable bonds is 5. The number of benzene rings is 1. The fraction of sp³-hybridized carbons (Fsp3) is 0.667. The molecule has 5 heteroatoms. The van der Waals surface area contributed by atoms with E-state index < -0.39 is 0 Å². The zero-order chi connectivity index (χ0) is 17.2. The third-order valence-electron chi connectivity index (χ3n) is 6.56. The normalized spacial score (nSPS) is 30.7. The lowest BCUT2D eigenvalue weighted by molar-refractivity contribution is -0.128. The molecule has 4 rings (SSSR count). The highest BCUT2D eigenvalue weighted by atomic mass is 35.5. The fourth-order valence-corrected chi connectivity index (χ4v) is 4.76. The van der Waals surface area contributed by atoms with E-state index in [0.717, 1.165) is 37.0 Å². The van der Waals surface area contributed by atoms with Gasteiger partial charge in [0.15, 0.2) is 0 Å². The first-order valence-electron chi connectivity index (χ1n) is 9.98. The number of hydrogen-bond acceptors (Lipinski definition) is 3. The van der Waals surface area contributed by atoms with E-state index in [2.05, 4.69) is 11.4 Å². The zero-order valence-electron chi connectivity index (χ0n) is 15.4. The summed E-state index contributed by atoms with van der Waals surface area (Å²) >= 11 is 0. The molecule has 2 atom stereocenters. The van der Waals surface area contributed by atoms with Crippen molar-refractivity contribution in [2.45, 2.75) is 70.1 Å². The van der Waals surface area contributed by atoms with Crippen LogP contribution in [0.1, 0.15) is 56.9 Å². The number of carbonyl (C=O) groups excluding carboxylic acids is 1. The van der Waals surface area contributed by atoms with Gasteiger partial charge in [-0.2, -0.15) is 0 Å². The summed E-state index contributed by atoms with van der Waals surface area (Å²) in [7, 11) is 0. The van der Waals surface area contributed by atoms with Crippen LogP contribution in [0.2, 0.25) is 0 Å². The minimum absolute atomic E-state index is 0. The topological polar surface area (TPSA) is 64.4 Å². The van der Waals surface area contributed by atoms with E-state index in [0.29, 0.717) is 30.5 Å². The summed E-state index contributed by atoms with van der Waals surface area (Å²) in [6, 6.07) is 8.40. The smallest absolute Gasteiger partial charge is 0.223 e. The molecule has 1 amide bonds. The van der Waals surface area contributed by atoms with Gasteiger partial charge in [0.05, 0.1) is 6.10 Å². The number of hydrogen-bond donors (Lipinski definition) is 2. The predicted molar refractivity (Wildman–Crippen MR) is 105 cm³/mol. The Morgan fingerprint density at radius 3 is 2.38 bits per heavy atom. The fourth-order valence-electron chi connectivity index (χ4n) is 4.76. The van der Waals surface area contributed by atoms with Crippen LogP contribution in [0.15, 0.2) is 24.3 Å². The Balaban J connectivity index is 0.00000196. The van der Waals surface area contributed by atoms with E-state index in [1.807, 2.05) is 18.2 Å². The number of nitrogens with one attached hydrogen (secondary N) is 1. The van der Waals surface area contributed by atoms with Crippen LogP contribution in [0.3, 0.4) is 0 Å². The summed E-state index contributed by atoms with van der Waals surface area (Å²) < 4.78 is 6.07. The van der Waals surface area contributed by atoms with Crippen molar-refractivity contribution in [3.8, 4) is 5.75 Å². The highest BCUT2D eigenvalue weighted by molar-refractivity contribution is 5.85. The van der Waals surface area contributed by atoms with Crippen molar-refractivity contribution in [3.05, 3.63) is 29.8 Å². The van der Waals surface area contributed by atoms with Gasteiger partial charge in [0.2, 0.25) is 5.91 Å². The molecule has 3 fully saturated rings. The van der Waals surface area contributed by atoms with E-state index in [1.165, 1.54) is 25.7 Å². The SMILES string of the molecule is Cl.NC1C2CCCC1CC(C(=O)NCc1ccccc1OC1CCC1)C2. The maximum absolute atomic E-state index is 12.7. The van der Waals surface area contributed by atoms with Crippen LogP contribution >= 0.6 is 12.4 Å². The summed E-state index contributed by atoms with van der Waals surface area (Å²) in [6.07, 6.45) is 9.50. The second-order valence-electron chi connectivity index (χ2n) is 8.19. The lowest BCUT2D eigenvalue weighted by Crippen LogP contribution is -2.49. The second-order valence-corrected chi connectivity index (χ2v) is 8.19. The molecule has 3 aliphatic carbocycles. The summed E-state index contributed by atoms with van der Waals surface area (Å²) in [4.78, 5) is 12.7. The van der Waals surface area contributed by atoms with Gasteiger partial charge in [0.25, 0.3) is 0 Å².